The van der Waals surface area contributed by atoms with E-state index in [-0.39, 0.29) is 78.9 Å². The zero-order valence-electron chi connectivity index (χ0n) is 77.5. The van der Waals surface area contributed by atoms with Crippen molar-refractivity contribution in [1.82, 2.24) is 39.9 Å². The van der Waals surface area contributed by atoms with Gasteiger partial charge in [-0.3, -0.25) is 24.0 Å². The van der Waals surface area contributed by atoms with Gasteiger partial charge < -0.3 is 104 Å². The van der Waals surface area contributed by atoms with Crippen molar-refractivity contribution in [3.05, 3.63) is 224 Å². The number of carbonyl (C=O) groups excluding carboxylic acids is 5. The molecule has 0 radical (unpaired) electrons. The number of pyridine rings is 8. The van der Waals surface area contributed by atoms with Gasteiger partial charge in [0.05, 0.1) is 104 Å². The molecule has 8 aromatic heterocycles. The second-order valence-electron chi connectivity index (χ2n) is 31.1. The van der Waals surface area contributed by atoms with Gasteiger partial charge in [-0.2, -0.15) is 0 Å². The number of hydrogen-bond donors (Lipinski definition) is 8. The van der Waals surface area contributed by atoms with Crippen molar-refractivity contribution in [3.8, 4) is 29.3 Å². The number of phenols is 1. The molecular weight excluding hydrogens is 2000 g/mol. The number of nitrogens with zero attached hydrogens (tertiary/aromatic N) is 12. The fraction of sp³-hybridized carbons (Fsp3) is 0.375. The molecule has 48 heteroatoms. The molecule has 3 saturated heterocycles. The van der Waals surface area contributed by atoms with Crippen LogP contribution in [-0.2, 0) is 51.6 Å². The van der Waals surface area contributed by atoms with Gasteiger partial charge >= 0.3 is 21.1 Å². The molecule has 11 heterocycles. The quantitative estimate of drug-likeness (QED) is 0.00657. The summed E-state index contributed by atoms with van der Waals surface area (Å²) >= 11 is 34.5. The third-order valence-corrected chi connectivity index (χ3v) is 22.4. The number of phenolic OH excluding ortho intramolecular Hbond substituents is 1. The molecule has 2 amide bonds. The van der Waals surface area contributed by atoms with E-state index < -0.39 is 44.2 Å². The monoisotopic (exact) mass is 2100 g/mol. The summed E-state index contributed by atoms with van der Waals surface area (Å²) in [5.41, 5.74) is 11.2. The molecular formula is C88H103B3Br2Cl5N19O19. The van der Waals surface area contributed by atoms with Crippen molar-refractivity contribution in [2.45, 2.75) is 117 Å². The summed E-state index contributed by atoms with van der Waals surface area (Å²) in [6.07, 6.45) is 1.95. The number of nitrogens with two attached hydrogens (primary N) is 2. The van der Waals surface area contributed by atoms with Crippen molar-refractivity contribution in [2.24, 2.45) is 11.5 Å². The first kappa shape index (κ1) is 115. The fourth-order valence-corrected chi connectivity index (χ4v) is 12.2. The molecule has 0 spiro atoms. The minimum absolute atomic E-state index is 0.0324. The van der Waals surface area contributed by atoms with Gasteiger partial charge in [0.1, 0.15) is 72.0 Å². The Bertz CT molecular complexity index is 5560. The summed E-state index contributed by atoms with van der Waals surface area (Å²) in [6, 6.07) is 29.9. The number of ether oxygens (including phenoxy) is 7. The smallest absolute Gasteiger partial charge is 0.497 e. The lowest BCUT2D eigenvalue weighted by Gasteiger charge is -2.32. The van der Waals surface area contributed by atoms with Crippen molar-refractivity contribution in [3.63, 3.8) is 0 Å². The lowest BCUT2D eigenvalue weighted by Crippen LogP contribution is -2.41. The molecule has 9 aromatic rings. The SMILES string of the molecule is CC1(C)OB(B2OC(C)(C)C(C)(C)O2)OC1(C)C.COCCNc1nc(Cl)ccc1C(N)=O.NC(=O)c1ccc(Cl)nc1Cl.O=Cc1cc(O)ccc1Br.[C-]#[N+]c1ccc(Cl)nc1NCCOC.[C-]#[N+]c1ccc(Cl)nc1NCCOC.[C-]#[N+]c1ccc(Oc2ccc(B3OC(C)(C)C(C)(C)O3)c(C=O)n2)nc1NCCOC.[C-]#[N+]c1ccc(Oc2ccc(Br)c(C=O)n2)nc1NCCOC. The van der Waals surface area contributed by atoms with Crippen LogP contribution in [0.5, 0.6) is 29.3 Å². The van der Waals surface area contributed by atoms with Crippen LogP contribution < -0.4 is 53.0 Å². The number of hydrogen-bond acceptors (Lipinski definition) is 32. The van der Waals surface area contributed by atoms with Crippen molar-refractivity contribution >= 4 is 199 Å². The summed E-state index contributed by atoms with van der Waals surface area (Å²) in [6.45, 7) is 57.5. The van der Waals surface area contributed by atoms with E-state index >= 15 is 0 Å². The van der Waals surface area contributed by atoms with Gasteiger partial charge in [0, 0.05) is 100 Å². The second-order valence-corrected chi connectivity index (χ2v) is 34.7. The number of aromatic hydroxyl groups is 1. The number of aromatic nitrogens is 8. The van der Waals surface area contributed by atoms with Gasteiger partial charge in [-0.25, -0.2) is 59.3 Å². The molecule has 3 aliphatic rings. The molecule has 136 heavy (non-hydrogen) atoms. The Labute approximate surface area is 832 Å². The number of rotatable bonds is 31. The van der Waals surface area contributed by atoms with Gasteiger partial charge in [0.2, 0.25) is 46.3 Å². The van der Waals surface area contributed by atoms with Crippen LogP contribution in [0.25, 0.3) is 19.4 Å². The van der Waals surface area contributed by atoms with Gasteiger partial charge in [-0.1, -0.05) is 80.0 Å². The number of anilines is 5. The number of amides is 2. The zero-order valence-corrected chi connectivity index (χ0v) is 84.4. The predicted molar refractivity (Wildman–Crippen MR) is 531 cm³/mol. The number of methoxy groups -OCH3 is 5. The Kier molecular flexibility index (Phi) is 47.5. The molecule has 722 valence electrons. The number of carbonyl (C=O) groups is 5. The van der Waals surface area contributed by atoms with Crippen molar-refractivity contribution in [1.29, 1.82) is 0 Å². The first-order valence-electron chi connectivity index (χ1n) is 40.8. The van der Waals surface area contributed by atoms with E-state index in [4.69, 9.17) is 162 Å². The average molecular weight is 2100 g/mol. The van der Waals surface area contributed by atoms with Crippen LogP contribution in [0.4, 0.5) is 51.8 Å². The highest BCUT2D eigenvalue weighted by Crippen LogP contribution is 2.44. The summed E-state index contributed by atoms with van der Waals surface area (Å²) in [4.78, 5) is 100. The van der Waals surface area contributed by atoms with Crippen LogP contribution in [0.15, 0.2) is 124 Å². The zero-order chi connectivity index (χ0) is 101. The van der Waals surface area contributed by atoms with E-state index in [0.717, 1.165) is 0 Å². The first-order chi connectivity index (χ1) is 64.3. The molecule has 38 nitrogen and oxygen atoms in total. The Morgan fingerprint density at radius 3 is 1.04 bits per heavy atom. The molecule has 0 unspecified atom stereocenters. The molecule has 0 bridgehead atoms. The Hall–Kier alpha value is -11.1. The van der Waals surface area contributed by atoms with Crippen molar-refractivity contribution in [2.75, 3.05) is 128 Å². The predicted octanol–water partition coefficient (Wildman–Crippen LogP) is 17.7. The maximum absolute atomic E-state index is 11.7. The van der Waals surface area contributed by atoms with E-state index in [1.807, 2.05) is 83.1 Å². The lowest BCUT2D eigenvalue weighted by atomic mass is 9.49. The molecule has 0 aliphatic carbocycles. The summed E-state index contributed by atoms with van der Waals surface area (Å²) in [5.74, 6) is 2.06. The molecule has 10 N–H and O–H groups in total. The third kappa shape index (κ3) is 35.8. The number of nitrogens with one attached hydrogen (secondary N) is 5. The minimum Gasteiger partial charge on any atom is -0.508 e. The first-order valence-corrected chi connectivity index (χ1v) is 44.3. The normalized spacial score (nSPS) is 14.2. The number of primary amides is 2. The van der Waals surface area contributed by atoms with Gasteiger partial charge in [0.15, 0.2) is 18.9 Å². The highest BCUT2D eigenvalue weighted by molar-refractivity contribution is 9.10. The number of halogens is 7. The number of aldehydes is 3. The van der Waals surface area contributed by atoms with Crippen LogP contribution in [0.2, 0.25) is 25.8 Å². The molecule has 3 fully saturated rings. The van der Waals surface area contributed by atoms with Crippen molar-refractivity contribution < 1.29 is 90.2 Å². The van der Waals surface area contributed by atoms with Crippen LogP contribution >= 0.6 is 89.9 Å². The number of benzene rings is 1. The van der Waals surface area contributed by atoms with E-state index in [0.29, 0.717) is 177 Å². The van der Waals surface area contributed by atoms with E-state index in [1.54, 1.807) is 114 Å². The van der Waals surface area contributed by atoms with E-state index in [2.05, 4.69) is 118 Å². The van der Waals surface area contributed by atoms with E-state index in [1.165, 1.54) is 36.4 Å². The minimum atomic E-state index is -0.709. The molecule has 0 atom stereocenters. The van der Waals surface area contributed by atoms with Gasteiger partial charge in [0.25, 0.3) is 11.8 Å². The van der Waals surface area contributed by atoms with E-state index in [9.17, 15) is 24.0 Å². The Balaban J connectivity index is 0.000000282. The highest BCUT2D eigenvalue weighted by Gasteiger charge is 2.64. The van der Waals surface area contributed by atoms with Crippen LogP contribution in [0.3, 0.4) is 0 Å². The molecule has 0 saturated carbocycles. The summed E-state index contributed by atoms with van der Waals surface area (Å²) in [5, 5.41) is 25.1. The maximum atomic E-state index is 11.7. The van der Waals surface area contributed by atoms with Crippen LogP contribution in [0, 0.1) is 26.3 Å². The largest absolute Gasteiger partial charge is 0.508 e. The van der Waals surface area contributed by atoms with Gasteiger partial charge in [-0.15, -0.1) is 0 Å². The Morgan fingerprint density at radius 1 is 0.397 bits per heavy atom. The fourth-order valence-electron chi connectivity index (χ4n) is 10.6. The second kappa shape index (κ2) is 55.9. The average Bonchev–Trinajstić information content (AvgIpc) is 1.59. The third-order valence-electron chi connectivity index (χ3n) is 19.9. The maximum Gasteiger partial charge on any atom is 0.497 e. The standard InChI is InChI=1S/C21H25BN4O5.C15H13BrN4O3.C12H24B2O4.C9H12ClN3O2.2C9H10ClN3O.C7H5BrO2.C6H4Cl2N2O/c1-20(2)21(3,4)31-22(30-20)14-7-9-17(25-16(14)13-27)29-18-10-8-15(23-5)19(26-18)24-11-12-28-6;1-17-11-4-6-14(20-15(11)18-7-8-22-2)23-13-5-3-10(16)12(9-21)19-13;1-9(2)10(3,4)16-13(15-9)14-17-11(5,6)12(7,8)18-14;1-15-5-4-12-9-6(8(11)14)2-3-7(10)13-9;2*1-11-7-3-4-8(10)13-9(7)12-5-6-14-2;8-7-2-1-6(10)3-5(7)4-9;7-4-2-1-3(6(9)11)5(8)10-4/h7-10,13H,11-12H2,1-4,6H3,(H,24,26);3-6,9H,7-8H2,2H3,(H,18,20);1-8H3;2-3H,4-5H2,1H3,(H2,11,14)(H,12,13);2*3-4H,5-6H2,2H3,(H,12,13);1-4,10H;1-2H,(H2,9,11). The Morgan fingerprint density at radius 2 is 0.699 bits per heavy atom. The highest BCUT2D eigenvalue weighted by atomic mass is 79.9. The van der Waals surface area contributed by atoms with Crippen LogP contribution in [-0.4, -0.2) is 232 Å². The molecule has 3 aliphatic heterocycles. The summed E-state index contributed by atoms with van der Waals surface area (Å²) in [7, 11) is 6.34. The molecule has 12 rings (SSSR count). The molecule has 1 aromatic carbocycles. The van der Waals surface area contributed by atoms with Gasteiger partial charge in [-0.05, 0) is 196 Å². The topological polar surface area (TPSA) is 458 Å². The lowest BCUT2D eigenvalue weighted by molar-refractivity contribution is 0.00578. The summed E-state index contributed by atoms with van der Waals surface area (Å²) < 4.78 is 73.0. The van der Waals surface area contributed by atoms with Crippen LogP contribution in [0.1, 0.15) is 135 Å².